The van der Waals surface area contributed by atoms with Crippen molar-refractivity contribution < 1.29 is 19.1 Å². The number of hydrogen-bond donors (Lipinski definition) is 0. The summed E-state index contributed by atoms with van der Waals surface area (Å²) in [6.07, 6.45) is 8.57. The lowest BCUT2D eigenvalue weighted by atomic mass is 9.47. The standard InChI is InChI=1S/C23H32O4/c1-4-5-21(26)27-19-13-15-16-6-7-20(25)23(16,3)11-9-17(15)22(2)10-8-14(24)12-18(19)22/h12,15-17,19H,4-11,13H2,1-3H3/t15-,16-,17-,19+,22+,23-/m0/s1. The van der Waals surface area contributed by atoms with Crippen molar-refractivity contribution in [3.05, 3.63) is 11.6 Å². The molecule has 4 aliphatic rings. The number of carbonyl (C=O) groups excluding carboxylic acids is 3. The lowest BCUT2D eigenvalue weighted by molar-refractivity contribution is -0.156. The molecule has 0 amide bonds. The minimum atomic E-state index is -0.294. The number of ether oxygens (including phenoxy) is 1. The molecule has 0 aromatic heterocycles. The van der Waals surface area contributed by atoms with Gasteiger partial charge in [-0.15, -0.1) is 0 Å². The van der Waals surface area contributed by atoms with Gasteiger partial charge in [0.2, 0.25) is 0 Å². The Morgan fingerprint density at radius 3 is 2.59 bits per heavy atom. The first-order valence-electron chi connectivity index (χ1n) is 10.8. The Hall–Kier alpha value is -1.45. The number of esters is 1. The van der Waals surface area contributed by atoms with E-state index in [1.165, 1.54) is 0 Å². The van der Waals surface area contributed by atoms with Crippen molar-refractivity contribution in [2.75, 3.05) is 0 Å². The fourth-order valence-corrected chi connectivity index (χ4v) is 6.88. The average molecular weight is 373 g/mol. The van der Waals surface area contributed by atoms with Crippen LogP contribution in [-0.2, 0) is 19.1 Å². The molecule has 0 bridgehead atoms. The summed E-state index contributed by atoms with van der Waals surface area (Å²) >= 11 is 0. The van der Waals surface area contributed by atoms with Crippen LogP contribution < -0.4 is 0 Å². The van der Waals surface area contributed by atoms with Gasteiger partial charge in [0.1, 0.15) is 11.9 Å². The van der Waals surface area contributed by atoms with E-state index in [-0.39, 0.29) is 28.7 Å². The van der Waals surface area contributed by atoms with Gasteiger partial charge < -0.3 is 4.74 Å². The van der Waals surface area contributed by atoms with Crippen LogP contribution in [0.1, 0.15) is 78.6 Å². The molecule has 4 heteroatoms. The van der Waals surface area contributed by atoms with E-state index in [1.54, 1.807) is 6.08 Å². The third-order valence-corrected chi connectivity index (χ3v) is 8.39. The van der Waals surface area contributed by atoms with E-state index >= 15 is 0 Å². The van der Waals surface area contributed by atoms with Crippen molar-refractivity contribution in [3.8, 4) is 0 Å². The second-order valence-electron chi connectivity index (χ2n) is 9.74. The highest BCUT2D eigenvalue weighted by atomic mass is 16.5. The third-order valence-electron chi connectivity index (χ3n) is 8.39. The summed E-state index contributed by atoms with van der Waals surface area (Å²) in [6, 6.07) is 0. The van der Waals surface area contributed by atoms with Crippen LogP contribution in [0.4, 0.5) is 0 Å². The maximum Gasteiger partial charge on any atom is 0.306 e. The molecular formula is C23H32O4. The Morgan fingerprint density at radius 2 is 1.85 bits per heavy atom. The maximum absolute atomic E-state index is 12.6. The summed E-state index contributed by atoms with van der Waals surface area (Å²) in [5, 5.41) is 0. The van der Waals surface area contributed by atoms with Gasteiger partial charge >= 0.3 is 5.97 Å². The zero-order valence-corrected chi connectivity index (χ0v) is 16.9. The molecule has 27 heavy (non-hydrogen) atoms. The molecular weight excluding hydrogens is 340 g/mol. The zero-order chi connectivity index (χ0) is 19.4. The van der Waals surface area contributed by atoms with E-state index in [4.69, 9.17) is 4.74 Å². The average Bonchev–Trinajstić information content (AvgIpc) is 2.92. The highest BCUT2D eigenvalue weighted by molar-refractivity contribution is 5.92. The lowest BCUT2D eigenvalue weighted by Crippen LogP contribution is -2.54. The van der Waals surface area contributed by atoms with Crippen LogP contribution in [0, 0.1) is 28.6 Å². The van der Waals surface area contributed by atoms with Crippen LogP contribution in [0.15, 0.2) is 11.6 Å². The molecule has 0 heterocycles. The monoisotopic (exact) mass is 372 g/mol. The van der Waals surface area contributed by atoms with Crippen LogP contribution in [0.2, 0.25) is 0 Å². The predicted molar refractivity (Wildman–Crippen MR) is 102 cm³/mol. The SMILES string of the molecule is CCCC(=O)O[C@@H]1C[C@@H]2[C@H](CC[C@]3(C)C(=O)CC[C@@H]23)[C@@]2(C)CCC(=O)C=C12. The molecule has 3 fully saturated rings. The largest absolute Gasteiger partial charge is 0.458 e. The van der Waals surface area contributed by atoms with E-state index in [0.29, 0.717) is 42.8 Å². The summed E-state index contributed by atoms with van der Waals surface area (Å²) in [5.74, 6) is 1.72. The first kappa shape index (κ1) is 18.9. The van der Waals surface area contributed by atoms with Gasteiger partial charge in [0.25, 0.3) is 0 Å². The number of fused-ring (bicyclic) bond motifs is 5. The van der Waals surface area contributed by atoms with Crippen LogP contribution >= 0.6 is 0 Å². The molecule has 0 aromatic carbocycles. The number of hydrogen-bond acceptors (Lipinski definition) is 4. The van der Waals surface area contributed by atoms with Gasteiger partial charge in [-0.1, -0.05) is 20.8 Å². The Labute approximate surface area is 162 Å². The Kier molecular flexibility index (Phi) is 4.59. The number of rotatable bonds is 3. The normalized spacial score (nSPS) is 43.4. The molecule has 0 aromatic rings. The van der Waals surface area contributed by atoms with Gasteiger partial charge in [-0.3, -0.25) is 14.4 Å². The van der Waals surface area contributed by atoms with Crippen molar-refractivity contribution in [1.29, 1.82) is 0 Å². The quantitative estimate of drug-likeness (QED) is 0.689. The Bertz CT molecular complexity index is 707. The third kappa shape index (κ3) is 2.82. The lowest BCUT2D eigenvalue weighted by Gasteiger charge is -2.58. The molecule has 0 unspecified atom stereocenters. The van der Waals surface area contributed by atoms with Crippen molar-refractivity contribution >= 4 is 17.5 Å². The van der Waals surface area contributed by atoms with Crippen LogP contribution in [-0.4, -0.2) is 23.6 Å². The molecule has 0 aliphatic heterocycles. The van der Waals surface area contributed by atoms with Gasteiger partial charge in [-0.2, -0.15) is 0 Å². The van der Waals surface area contributed by atoms with Crippen LogP contribution in [0.3, 0.4) is 0 Å². The summed E-state index contributed by atoms with van der Waals surface area (Å²) in [4.78, 5) is 37.1. The molecule has 148 valence electrons. The minimum Gasteiger partial charge on any atom is -0.458 e. The Balaban J connectivity index is 1.70. The van der Waals surface area contributed by atoms with Crippen LogP contribution in [0.25, 0.3) is 0 Å². The number of ketones is 2. The zero-order valence-electron chi connectivity index (χ0n) is 16.9. The molecule has 6 atom stereocenters. The summed E-state index contributed by atoms with van der Waals surface area (Å²) in [6.45, 7) is 6.42. The maximum atomic E-state index is 12.6. The molecule has 4 aliphatic carbocycles. The number of carbonyl (C=O) groups is 3. The van der Waals surface area contributed by atoms with E-state index < -0.39 is 0 Å². The first-order chi connectivity index (χ1) is 12.8. The molecule has 4 rings (SSSR count). The number of Topliss-reactive ketones (excluding diaryl/α,β-unsaturated/α-hetero) is 1. The second-order valence-corrected chi connectivity index (χ2v) is 9.74. The minimum absolute atomic E-state index is 0.0824. The van der Waals surface area contributed by atoms with Gasteiger partial charge in [0, 0.05) is 24.7 Å². The Morgan fingerprint density at radius 1 is 1.11 bits per heavy atom. The molecule has 0 spiro atoms. The van der Waals surface area contributed by atoms with Gasteiger partial charge in [-0.25, -0.2) is 0 Å². The molecule has 4 nitrogen and oxygen atoms in total. The fraction of sp³-hybridized carbons (Fsp3) is 0.783. The van der Waals surface area contributed by atoms with Crippen molar-refractivity contribution in [2.24, 2.45) is 28.6 Å². The van der Waals surface area contributed by atoms with Crippen LogP contribution in [0.5, 0.6) is 0 Å². The summed E-state index contributed by atoms with van der Waals surface area (Å²) in [7, 11) is 0. The first-order valence-corrected chi connectivity index (χ1v) is 10.8. The van der Waals surface area contributed by atoms with E-state index in [2.05, 4.69) is 13.8 Å². The van der Waals surface area contributed by atoms with E-state index in [0.717, 1.165) is 44.1 Å². The fourth-order valence-electron chi connectivity index (χ4n) is 6.88. The van der Waals surface area contributed by atoms with E-state index in [1.807, 2.05) is 6.92 Å². The topological polar surface area (TPSA) is 60.4 Å². The molecule has 3 saturated carbocycles. The molecule has 0 N–H and O–H groups in total. The summed E-state index contributed by atoms with van der Waals surface area (Å²) < 4.78 is 5.93. The molecule has 0 saturated heterocycles. The van der Waals surface area contributed by atoms with Gasteiger partial charge in [-0.05, 0) is 73.3 Å². The second kappa shape index (κ2) is 6.56. The summed E-state index contributed by atoms with van der Waals surface area (Å²) in [5.41, 5.74) is 0.777. The van der Waals surface area contributed by atoms with Crippen molar-refractivity contribution in [1.82, 2.24) is 0 Å². The van der Waals surface area contributed by atoms with Gasteiger partial charge in [0.05, 0.1) is 0 Å². The van der Waals surface area contributed by atoms with E-state index in [9.17, 15) is 14.4 Å². The predicted octanol–water partition coefficient (Wildman–Crippen LogP) is 4.41. The van der Waals surface area contributed by atoms with Gasteiger partial charge in [0.15, 0.2) is 5.78 Å². The van der Waals surface area contributed by atoms with Crippen molar-refractivity contribution in [3.63, 3.8) is 0 Å². The smallest absolute Gasteiger partial charge is 0.306 e. The van der Waals surface area contributed by atoms with Crippen molar-refractivity contribution in [2.45, 2.75) is 84.7 Å². The molecule has 0 radical (unpaired) electrons. The highest BCUT2D eigenvalue weighted by Crippen LogP contribution is 2.64. The highest BCUT2D eigenvalue weighted by Gasteiger charge is 2.61.